The van der Waals surface area contributed by atoms with E-state index in [0.29, 0.717) is 10.9 Å². The molecule has 1 aliphatic heterocycles. The van der Waals surface area contributed by atoms with Gasteiger partial charge in [0.1, 0.15) is 6.54 Å². The van der Waals surface area contributed by atoms with Crippen molar-refractivity contribution in [1.82, 2.24) is 15.1 Å². The zero-order chi connectivity index (χ0) is 19.8. The quantitative estimate of drug-likeness (QED) is 0.567. The molecule has 2 aromatic rings. The Morgan fingerprint density at radius 3 is 2.82 bits per heavy atom. The standard InChI is InChI=1S/C19H21ClN4O3S/c20-15-5-1-2-6-16(15)28-13-18(25)24(12-17-22-23-19(21)27-17)9-3-4-14-7-10-26-11-8-14/h1-2,5-6,14H,7-13H2,(H2,21,23). The smallest absolute Gasteiger partial charge is 0.312 e. The summed E-state index contributed by atoms with van der Waals surface area (Å²) in [5, 5.41) is 8.10. The summed E-state index contributed by atoms with van der Waals surface area (Å²) in [6, 6.07) is 7.39. The second-order valence-electron chi connectivity index (χ2n) is 6.21. The Morgan fingerprint density at radius 2 is 2.11 bits per heavy atom. The predicted octanol–water partition coefficient (Wildman–Crippen LogP) is 2.86. The van der Waals surface area contributed by atoms with Crippen LogP contribution in [0.5, 0.6) is 0 Å². The van der Waals surface area contributed by atoms with Crippen molar-refractivity contribution in [3.05, 3.63) is 35.2 Å². The number of aromatic nitrogens is 2. The van der Waals surface area contributed by atoms with Crippen molar-refractivity contribution in [2.24, 2.45) is 5.92 Å². The number of rotatable bonds is 6. The first-order valence-electron chi connectivity index (χ1n) is 8.91. The summed E-state index contributed by atoms with van der Waals surface area (Å²) >= 11 is 7.55. The topological polar surface area (TPSA) is 94.5 Å². The van der Waals surface area contributed by atoms with Gasteiger partial charge in [-0.2, -0.15) is 0 Å². The van der Waals surface area contributed by atoms with Crippen LogP contribution in [-0.4, -0.2) is 46.5 Å². The Morgan fingerprint density at radius 1 is 1.32 bits per heavy atom. The molecule has 0 spiro atoms. The molecule has 1 fully saturated rings. The second-order valence-corrected chi connectivity index (χ2v) is 7.64. The maximum atomic E-state index is 12.8. The molecular weight excluding hydrogens is 400 g/mol. The third-order valence-corrected chi connectivity index (χ3v) is 5.65. The number of halogens is 1. The van der Waals surface area contributed by atoms with Crippen LogP contribution in [0.15, 0.2) is 33.6 Å². The van der Waals surface area contributed by atoms with E-state index in [1.807, 2.05) is 18.2 Å². The summed E-state index contributed by atoms with van der Waals surface area (Å²) in [6.45, 7) is 1.91. The van der Waals surface area contributed by atoms with Crippen molar-refractivity contribution in [1.29, 1.82) is 0 Å². The van der Waals surface area contributed by atoms with E-state index < -0.39 is 0 Å². The molecule has 0 aliphatic carbocycles. The van der Waals surface area contributed by atoms with E-state index in [1.54, 1.807) is 11.0 Å². The first kappa shape index (κ1) is 20.5. The lowest BCUT2D eigenvalue weighted by Gasteiger charge is -2.19. The summed E-state index contributed by atoms with van der Waals surface area (Å²) in [4.78, 5) is 15.2. The van der Waals surface area contributed by atoms with E-state index in [0.717, 1.165) is 31.0 Å². The van der Waals surface area contributed by atoms with Crippen molar-refractivity contribution in [3.8, 4) is 11.8 Å². The normalized spacial score (nSPS) is 14.3. The largest absolute Gasteiger partial charge is 0.406 e. The minimum atomic E-state index is -0.0945. The highest BCUT2D eigenvalue weighted by Gasteiger charge is 2.18. The van der Waals surface area contributed by atoms with Gasteiger partial charge in [0, 0.05) is 24.0 Å². The number of carbonyl (C=O) groups excluding carboxylic acids is 1. The van der Waals surface area contributed by atoms with E-state index in [-0.39, 0.29) is 36.7 Å². The lowest BCUT2D eigenvalue weighted by atomic mass is 10.0. The maximum absolute atomic E-state index is 12.8. The highest BCUT2D eigenvalue weighted by Crippen LogP contribution is 2.26. The van der Waals surface area contributed by atoms with Gasteiger partial charge in [-0.25, -0.2) is 0 Å². The van der Waals surface area contributed by atoms with Gasteiger partial charge in [-0.1, -0.05) is 40.7 Å². The Kier molecular flexibility index (Phi) is 7.60. The Labute approximate surface area is 172 Å². The number of hydrogen-bond acceptors (Lipinski definition) is 7. The monoisotopic (exact) mass is 420 g/mol. The van der Waals surface area contributed by atoms with Crippen molar-refractivity contribution >= 4 is 35.3 Å². The van der Waals surface area contributed by atoms with Gasteiger partial charge in [-0.15, -0.1) is 16.9 Å². The summed E-state index contributed by atoms with van der Waals surface area (Å²) in [5.74, 6) is 7.07. The number of hydrogen-bond donors (Lipinski definition) is 1. The number of carbonyl (C=O) groups is 1. The number of nitrogens with zero attached hydrogens (tertiary/aromatic N) is 3. The highest BCUT2D eigenvalue weighted by atomic mass is 35.5. The van der Waals surface area contributed by atoms with Gasteiger partial charge in [0.15, 0.2) is 0 Å². The fourth-order valence-corrected chi connectivity index (χ4v) is 3.79. The minimum Gasteiger partial charge on any atom is -0.406 e. The van der Waals surface area contributed by atoms with Gasteiger partial charge in [0.05, 0.1) is 17.3 Å². The predicted molar refractivity (Wildman–Crippen MR) is 108 cm³/mol. The number of anilines is 1. The van der Waals surface area contributed by atoms with E-state index in [1.165, 1.54) is 11.8 Å². The molecule has 1 amide bonds. The maximum Gasteiger partial charge on any atom is 0.312 e. The van der Waals surface area contributed by atoms with E-state index >= 15 is 0 Å². The van der Waals surface area contributed by atoms with Gasteiger partial charge in [-0.3, -0.25) is 4.79 Å². The van der Waals surface area contributed by atoms with Crippen LogP contribution in [0.4, 0.5) is 6.01 Å². The van der Waals surface area contributed by atoms with Gasteiger partial charge < -0.3 is 19.8 Å². The zero-order valence-corrected chi connectivity index (χ0v) is 16.8. The van der Waals surface area contributed by atoms with E-state index in [2.05, 4.69) is 22.0 Å². The molecule has 0 bridgehead atoms. The Balaban J connectivity index is 1.63. The SMILES string of the molecule is Nc1nnc(CN(CC#CC2CCOCC2)C(=O)CSc2ccccc2Cl)o1. The molecule has 0 atom stereocenters. The molecule has 0 unspecified atom stereocenters. The number of benzene rings is 1. The molecule has 148 valence electrons. The molecule has 0 radical (unpaired) electrons. The fourth-order valence-electron chi connectivity index (χ4n) is 2.65. The van der Waals surface area contributed by atoms with Crippen LogP contribution in [0.25, 0.3) is 0 Å². The van der Waals surface area contributed by atoms with Crippen molar-refractivity contribution in [3.63, 3.8) is 0 Å². The number of ether oxygens (including phenoxy) is 1. The summed E-state index contributed by atoms with van der Waals surface area (Å²) in [5.41, 5.74) is 5.48. The lowest BCUT2D eigenvalue weighted by Crippen LogP contribution is -2.32. The van der Waals surface area contributed by atoms with Crippen LogP contribution < -0.4 is 5.73 Å². The first-order chi connectivity index (χ1) is 13.6. The Bertz CT molecular complexity index is 858. The molecule has 28 heavy (non-hydrogen) atoms. The van der Waals surface area contributed by atoms with Gasteiger partial charge in [0.25, 0.3) is 0 Å². The number of nitrogen functional groups attached to an aromatic ring is 1. The molecule has 1 aliphatic rings. The van der Waals surface area contributed by atoms with E-state index in [4.69, 9.17) is 26.5 Å². The molecule has 2 heterocycles. The van der Waals surface area contributed by atoms with Crippen LogP contribution in [-0.2, 0) is 16.1 Å². The van der Waals surface area contributed by atoms with Crippen molar-refractivity contribution in [2.75, 3.05) is 31.2 Å². The van der Waals surface area contributed by atoms with Gasteiger partial charge in [-0.05, 0) is 25.0 Å². The lowest BCUT2D eigenvalue weighted by molar-refractivity contribution is -0.128. The summed E-state index contributed by atoms with van der Waals surface area (Å²) in [6.07, 6.45) is 1.84. The van der Waals surface area contributed by atoms with Crippen LogP contribution >= 0.6 is 23.4 Å². The summed E-state index contributed by atoms with van der Waals surface area (Å²) < 4.78 is 10.6. The number of nitrogens with two attached hydrogens (primary N) is 1. The van der Waals surface area contributed by atoms with Crippen molar-refractivity contribution < 1.29 is 13.9 Å². The van der Waals surface area contributed by atoms with Crippen LogP contribution in [0.3, 0.4) is 0 Å². The molecule has 2 N–H and O–H groups in total. The van der Waals surface area contributed by atoms with Gasteiger partial charge >= 0.3 is 6.01 Å². The first-order valence-corrected chi connectivity index (χ1v) is 10.3. The average Bonchev–Trinajstić information content (AvgIpc) is 3.12. The Hall–Kier alpha value is -2.21. The molecule has 1 aromatic heterocycles. The molecule has 7 nitrogen and oxygen atoms in total. The number of thioether (sulfide) groups is 1. The molecule has 1 saturated heterocycles. The van der Waals surface area contributed by atoms with Crippen LogP contribution in [0.1, 0.15) is 18.7 Å². The van der Waals surface area contributed by atoms with Crippen LogP contribution in [0.2, 0.25) is 5.02 Å². The van der Waals surface area contributed by atoms with Gasteiger partial charge in [0.2, 0.25) is 11.8 Å². The number of amides is 1. The molecule has 9 heteroatoms. The third kappa shape index (κ3) is 6.16. The molecule has 3 rings (SSSR count). The summed E-state index contributed by atoms with van der Waals surface area (Å²) in [7, 11) is 0. The van der Waals surface area contributed by atoms with Crippen LogP contribution in [0, 0.1) is 17.8 Å². The molecule has 0 saturated carbocycles. The third-order valence-electron chi connectivity index (χ3n) is 4.15. The molecule has 1 aromatic carbocycles. The van der Waals surface area contributed by atoms with Crippen molar-refractivity contribution in [2.45, 2.75) is 24.3 Å². The zero-order valence-electron chi connectivity index (χ0n) is 15.3. The molecular formula is C19H21ClN4O3S. The second kappa shape index (κ2) is 10.4. The average molecular weight is 421 g/mol. The minimum absolute atomic E-state index is 0.0267. The highest BCUT2D eigenvalue weighted by molar-refractivity contribution is 8.00. The fraction of sp³-hybridized carbons (Fsp3) is 0.421. The van der Waals surface area contributed by atoms with E-state index in [9.17, 15) is 4.79 Å².